The molecule has 0 atom stereocenters. The van der Waals surface area contributed by atoms with E-state index in [2.05, 4.69) is 0 Å². The Kier molecular flexibility index (Phi) is 5.42. The monoisotopic (exact) mass is 470 g/mol. The number of ether oxygens (including phenoxy) is 1. The summed E-state index contributed by atoms with van der Waals surface area (Å²) in [4.78, 5) is 0. The minimum atomic E-state index is -1.28. The summed E-state index contributed by atoms with van der Waals surface area (Å²) in [5.41, 5.74) is -0.839. The quantitative estimate of drug-likeness (QED) is 0.241. The second kappa shape index (κ2) is 8.31. The summed E-state index contributed by atoms with van der Waals surface area (Å²) < 4.78 is 85.5. The van der Waals surface area contributed by atoms with Crippen molar-refractivity contribution in [1.82, 2.24) is 0 Å². The molecule has 0 aliphatic carbocycles. The van der Waals surface area contributed by atoms with E-state index in [4.69, 9.17) is 9.15 Å². The Morgan fingerprint density at radius 1 is 0.706 bits per heavy atom. The van der Waals surface area contributed by atoms with Crippen molar-refractivity contribution in [3.05, 3.63) is 77.1 Å². The van der Waals surface area contributed by atoms with Crippen LogP contribution < -0.4 is 4.74 Å². The molecule has 0 unspecified atom stereocenters. The van der Waals surface area contributed by atoms with Crippen LogP contribution >= 0.6 is 0 Å². The summed E-state index contributed by atoms with van der Waals surface area (Å²) in [7, 11) is 0. The first-order chi connectivity index (χ1) is 16.4. The molecule has 34 heavy (non-hydrogen) atoms. The summed E-state index contributed by atoms with van der Waals surface area (Å²) in [6.07, 6.45) is 1.13. The molecule has 2 nitrogen and oxygen atoms in total. The van der Waals surface area contributed by atoms with E-state index in [-0.39, 0.29) is 50.8 Å². The highest BCUT2D eigenvalue weighted by Crippen LogP contribution is 2.40. The molecule has 5 aromatic rings. The summed E-state index contributed by atoms with van der Waals surface area (Å²) in [5, 5.41) is 0.584. The number of furan rings is 1. The lowest BCUT2D eigenvalue weighted by atomic mass is 9.99. The zero-order chi connectivity index (χ0) is 24.1. The lowest BCUT2D eigenvalue weighted by Gasteiger charge is -2.10. The Morgan fingerprint density at radius 2 is 1.41 bits per heavy atom. The maximum Gasteiger partial charge on any atom is 0.201 e. The first kappa shape index (κ1) is 22.2. The average molecular weight is 470 g/mol. The second-order valence-electron chi connectivity index (χ2n) is 8.03. The SMILES string of the molecule is CCCc1ccc2cc3c(oc4c(F)c(-c5ccc(OCC)c(F)c5F)ccc43)c(F)c2c1F. The second-order valence-corrected chi connectivity index (χ2v) is 8.03. The van der Waals surface area contributed by atoms with Gasteiger partial charge in [-0.15, -0.1) is 0 Å². The third kappa shape index (κ3) is 3.22. The highest BCUT2D eigenvalue weighted by atomic mass is 19.2. The van der Waals surface area contributed by atoms with Crippen LogP contribution in [-0.2, 0) is 6.42 Å². The van der Waals surface area contributed by atoms with Crippen LogP contribution in [0, 0.1) is 29.1 Å². The van der Waals surface area contributed by atoms with E-state index in [0.717, 1.165) is 0 Å². The molecule has 0 aliphatic heterocycles. The number of fused-ring (bicyclic) bond motifs is 4. The Balaban J connectivity index is 1.75. The molecule has 5 rings (SSSR count). The Hall–Kier alpha value is -3.61. The van der Waals surface area contributed by atoms with Gasteiger partial charge in [0.1, 0.15) is 5.82 Å². The highest BCUT2D eigenvalue weighted by molar-refractivity contribution is 6.11. The maximum atomic E-state index is 15.5. The van der Waals surface area contributed by atoms with Crippen LogP contribution in [0.5, 0.6) is 5.75 Å². The molecule has 0 spiro atoms. The van der Waals surface area contributed by atoms with Crippen LogP contribution in [-0.4, -0.2) is 6.61 Å². The largest absolute Gasteiger partial charge is 0.491 e. The third-order valence-corrected chi connectivity index (χ3v) is 5.97. The standard InChI is InChI=1S/C27H19F5O2/c1-3-5-13-6-7-14-12-18-17-9-8-16(15-10-11-19(33-4-2)24(31)22(15)29)23(30)26(17)34-27(18)25(32)20(14)21(13)28/h6-12H,3-5H2,1-2H3. The van der Waals surface area contributed by atoms with Crippen molar-refractivity contribution in [3.8, 4) is 16.9 Å². The smallest absolute Gasteiger partial charge is 0.201 e. The van der Waals surface area contributed by atoms with Gasteiger partial charge < -0.3 is 9.15 Å². The molecule has 0 radical (unpaired) electrons. The van der Waals surface area contributed by atoms with Gasteiger partial charge in [-0.3, -0.25) is 0 Å². The van der Waals surface area contributed by atoms with E-state index in [1.807, 2.05) is 6.92 Å². The number of halogens is 5. The van der Waals surface area contributed by atoms with Crippen LogP contribution in [0.4, 0.5) is 22.0 Å². The van der Waals surface area contributed by atoms with Gasteiger partial charge >= 0.3 is 0 Å². The van der Waals surface area contributed by atoms with Crippen LogP contribution in [0.1, 0.15) is 25.8 Å². The topological polar surface area (TPSA) is 22.4 Å². The number of benzene rings is 4. The average Bonchev–Trinajstić information content (AvgIpc) is 3.20. The molecule has 0 bridgehead atoms. The van der Waals surface area contributed by atoms with Crippen molar-refractivity contribution >= 4 is 32.7 Å². The van der Waals surface area contributed by atoms with E-state index in [9.17, 15) is 13.2 Å². The summed E-state index contributed by atoms with van der Waals surface area (Å²) in [6.45, 7) is 3.65. The van der Waals surface area contributed by atoms with Gasteiger partial charge in [0.25, 0.3) is 0 Å². The summed E-state index contributed by atoms with van der Waals surface area (Å²) in [5.74, 6) is -5.38. The lowest BCUT2D eigenvalue weighted by Crippen LogP contribution is -1.99. The Labute approximate surface area is 191 Å². The van der Waals surface area contributed by atoms with Gasteiger partial charge in [0, 0.05) is 21.9 Å². The van der Waals surface area contributed by atoms with Crippen molar-refractivity contribution in [2.75, 3.05) is 6.61 Å². The highest BCUT2D eigenvalue weighted by Gasteiger charge is 2.24. The Morgan fingerprint density at radius 3 is 2.15 bits per heavy atom. The number of hydrogen-bond donors (Lipinski definition) is 0. The van der Waals surface area contributed by atoms with Gasteiger partial charge in [-0.1, -0.05) is 31.5 Å². The van der Waals surface area contributed by atoms with Gasteiger partial charge in [-0.2, -0.15) is 4.39 Å². The van der Waals surface area contributed by atoms with Crippen molar-refractivity contribution in [2.45, 2.75) is 26.7 Å². The molecule has 0 saturated heterocycles. The van der Waals surface area contributed by atoms with Crippen LogP contribution in [0.15, 0.2) is 46.9 Å². The number of rotatable bonds is 5. The third-order valence-electron chi connectivity index (χ3n) is 5.97. The Bertz CT molecular complexity index is 1590. The van der Waals surface area contributed by atoms with E-state index in [1.54, 1.807) is 19.1 Å². The van der Waals surface area contributed by atoms with Crippen molar-refractivity contribution in [2.24, 2.45) is 0 Å². The van der Waals surface area contributed by atoms with E-state index in [0.29, 0.717) is 23.8 Å². The molecule has 0 saturated carbocycles. The molecule has 0 fully saturated rings. The predicted molar refractivity (Wildman–Crippen MR) is 122 cm³/mol. The van der Waals surface area contributed by atoms with Gasteiger partial charge in [0.2, 0.25) is 5.82 Å². The molecule has 174 valence electrons. The van der Waals surface area contributed by atoms with Gasteiger partial charge in [-0.05, 0) is 48.6 Å². The van der Waals surface area contributed by atoms with Crippen LogP contribution in [0.2, 0.25) is 0 Å². The molecular formula is C27H19F5O2. The van der Waals surface area contributed by atoms with Crippen LogP contribution in [0.3, 0.4) is 0 Å². The lowest BCUT2D eigenvalue weighted by molar-refractivity contribution is 0.314. The van der Waals surface area contributed by atoms with E-state index in [1.165, 1.54) is 30.3 Å². The predicted octanol–water partition coefficient (Wildman–Crippen LogP) is 8.45. The minimum absolute atomic E-state index is 0.134. The minimum Gasteiger partial charge on any atom is -0.491 e. The molecule has 0 amide bonds. The molecule has 1 heterocycles. The molecule has 1 aromatic heterocycles. The fraction of sp³-hybridized carbons (Fsp3) is 0.185. The molecule has 0 N–H and O–H groups in total. The number of hydrogen-bond acceptors (Lipinski definition) is 2. The molecule has 0 aliphatic rings. The van der Waals surface area contributed by atoms with Crippen molar-refractivity contribution in [1.29, 1.82) is 0 Å². The fourth-order valence-corrected chi connectivity index (χ4v) is 4.38. The zero-order valence-electron chi connectivity index (χ0n) is 18.4. The maximum absolute atomic E-state index is 15.5. The summed E-state index contributed by atoms with van der Waals surface area (Å²) in [6, 6.07) is 9.90. The van der Waals surface area contributed by atoms with Gasteiger partial charge in [0.15, 0.2) is 34.4 Å². The molecular weight excluding hydrogens is 451 g/mol. The fourth-order valence-electron chi connectivity index (χ4n) is 4.38. The normalized spacial score (nSPS) is 11.7. The molecule has 7 heteroatoms. The first-order valence-electron chi connectivity index (χ1n) is 10.9. The van der Waals surface area contributed by atoms with Gasteiger partial charge in [-0.25, -0.2) is 17.6 Å². The van der Waals surface area contributed by atoms with E-state index >= 15 is 8.78 Å². The van der Waals surface area contributed by atoms with Gasteiger partial charge in [0.05, 0.1) is 12.0 Å². The van der Waals surface area contributed by atoms with E-state index < -0.39 is 29.1 Å². The first-order valence-corrected chi connectivity index (χ1v) is 10.9. The van der Waals surface area contributed by atoms with Crippen LogP contribution in [0.25, 0.3) is 43.8 Å². The summed E-state index contributed by atoms with van der Waals surface area (Å²) >= 11 is 0. The zero-order valence-corrected chi connectivity index (χ0v) is 18.4. The van der Waals surface area contributed by atoms with Crippen molar-refractivity contribution in [3.63, 3.8) is 0 Å². The number of aryl methyl sites for hydroxylation is 1. The molecule has 4 aromatic carbocycles. The van der Waals surface area contributed by atoms with Crippen molar-refractivity contribution < 1.29 is 31.1 Å².